The second kappa shape index (κ2) is 6.74. The molecular formula is C17H18NO. The zero-order chi connectivity index (χ0) is 13.5. The van der Waals surface area contributed by atoms with E-state index in [9.17, 15) is 4.79 Å². The van der Waals surface area contributed by atoms with Gasteiger partial charge in [-0.3, -0.25) is 4.79 Å². The third-order valence-corrected chi connectivity index (χ3v) is 2.97. The van der Waals surface area contributed by atoms with Crippen LogP contribution >= 0.6 is 0 Å². The fourth-order valence-electron chi connectivity index (χ4n) is 1.87. The Hall–Kier alpha value is -2.09. The Balaban J connectivity index is 2.04. The summed E-state index contributed by atoms with van der Waals surface area (Å²) >= 11 is 0. The average Bonchev–Trinajstić information content (AvgIpc) is 2.48. The van der Waals surface area contributed by atoms with Crippen molar-refractivity contribution in [3.05, 3.63) is 67.1 Å². The molecule has 2 aromatic rings. The third-order valence-electron chi connectivity index (χ3n) is 2.97. The molecule has 2 aromatic carbocycles. The summed E-state index contributed by atoms with van der Waals surface area (Å²) in [4.78, 5) is 11.8. The summed E-state index contributed by atoms with van der Waals surface area (Å²) in [7, 11) is 0. The second-order valence-electron chi connectivity index (χ2n) is 4.41. The number of benzene rings is 2. The molecule has 0 aliphatic rings. The summed E-state index contributed by atoms with van der Waals surface area (Å²) < 4.78 is 0. The highest BCUT2D eigenvalue weighted by Gasteiger charge is 2.04. The van der Waals surface area contributed by atoms with Crippen LogP contribution in [0, 0.1) is 6.92 Å². The van der Waals surface area contributed by atoms with Gasteiger partial charge in [-0.05, 0) is 29.7 Å². The number of amides is 1. The molecule has 2 heteroatoms. The van der Waals surface area contributed by atoms with E-state index < -0.39 is 0 Å². The molecule has 0 atom stereocenters. The summed E-state index contributed by atoms with van der Waals surface area (Å²) in [6.07, 6.45) is 1.75. The fraction of sp³-hybridized carbons (Fsp3) is 0.176. The maximum Gasteiger partial charge on any atom is 0.251 e. The van der Waals surface area contributed by atoms with Crippen molar-refractivity contribution in [2.24, 2.45) is 0 Å². The van der Waals surface area contributed by atoms with Gasteiger partial charge in [-0.25, -0.2) is 0 Å². The molecule has 0 bridgehead atoms. The van der Waals surface area contributed by atoms with Gasteiger partial charge in [0.15, 0.2) is 0 Å². The first-order chi connectivity index (χ1) is 9.31. The van der Waals surface area contributed by atoms with E-state index in [0.717, 1.165) is 24.0 Å². The summed E-state index contributed by atoms with van der Waals surface area (Å²) in [5.41, 5.74) is 2.98. The Morgan fingerprint density at radius 3 is 2.21 bits per heavy atom. The van der Waals surface area contributed by atoms with Crippen molar-refractivity contribution in [1.82, 2.24) is 5.32 Å². The number of rotatable bonds is 5. The SMILES string of the molecule is [CH2]CCCNC(=O)c1ccc(-c2ccccc2)cc1. The van der Waals surface area contributed by atoms with Gasteiger partial charge in [-0.15, -0.1) is 0 Å². The Bertz CT molecular complexity index is 517. The zero-order valence-electron chi connectivity index (χ0n) is 10.9. The molecule has 0 aromatic heterocycles. The van der Waals surface area contributed by atoms with Crippen molar-refractivity contribution in [3.8, 4) is 11.1 Å². The first-order valence-electron chi connectivity index (χ1n) is 6.54. The molecular weight excluding hydrogens is 234 g/mol. The summed E-state index contributed by atoms with van der Waals surface area (Å²) in [5, 5.41) is 2.88. The van der Waals surface area contributed by atoms with E-state index >= 15 is 0 Å². The van der Waals surface area contributed by atoms with E-state index in [-0.39, 0.29) is 5.91 Å². The standard InChI is InChI=1S/C17H18NO/c1-2-3-13-18-17(19)16-11-9-15(10-12-16)14-7-5-4-6-8-14/h4-12H,1-3,13H2,(H,18,19). The minimum Gasteiger partial charge on any atom is -0.352 e. The van der Waals surface area contributed by atoms with Crippen molar-refractivity contribution in [2.75, 3.05) is 6.54 Å². The van der Waals surface area contributed by atoms with Gasteiger partial charge in [-0.2, -0.15) is 0 Å². The van der Waals surface area contributed by atoms with Gasteiger partial charge >= 0.3 is 0 Å². The van der Waals surface area contributed by atoms with Crippen LogP contribution in [-0.4, -0.2) is 12.5 Å². The van der Waals surface area contributed by atoms with Crippen LogP contribution in [0.4, 0.5) is 0 Å². The lowest BCUT2D eigenvalue weighted by Gasteiger charge is -2.06. The number of unbranched alkanes of at least 4 members (excludes halogenated alkanes) is 1. The van der Waals surface area contributed by atoms with Crippen molar-refractivity contribution in [3.63, 3.8) is 0 Å². The molecule has 0 spiro atoms. The lowest BCUT2D eigenvalue weighted by atomic mass is 10.0. The molecule has 0 unspecified atom stereocenters. The highest BCUT2D eigenvalue weighted by Crippen LogP contribution is 2.19. The molecule has 97 valence electrons. The first-order valence-corrected chi connectivity index (χ1v) is 6.54. The largest absolute Gasteiger partial charge is 0.352 e. The lowest BCUT2D eigenvalue weighted by Crippen LogP contribution is -2.24. The van der Waals surface area contributed by atoms with Crippen molar-refractivity contribution >= 4 is 5.91 Å². The smallest absolute Gasteiger partial charge is 0.251 e. The molecule has 0 saturated heterocycles. The molecule has 2 rings (SSSR count). The van der Waals surface area contributed by atoms with Crippen LogP contribution in [0.25, 0.3) is 11.1 Å². The van der Waals surface area contributed by atoms with Crippen LogP contribution in [0.1, 0.15) is 23.2 Å². The van der Waals surface area contributed by atoms with E-state index in [1.807, 2.05) is 42.5 Å². The van der Waals surface area contributed by atoms with Crippen LogP contribution < -0.4 is 5.32 Å². The lowest BCUT2D eigenvalue weighted by molar-refractivity contribution is 0.0953. The molecule has 0 aliphatic carbocycles. The highest BCUT2D eigenvalue weighted by molar-refractivity contribution is 5.94. The average molecular weight is 252 g/mol. The summed E-state index contributed by atoms with van der Waals surface area (Å²) in [5.74, 6) is -0.0203. The van der Waals surface area contributed by atoms with E-state index in [0.29, 0.717) is 12.1 Å². The van der Waals surface area contributed by atoms with Gasteiger partial charge in [-0.1, -0.05) is 55.8 Å². The molecule has 0 aliphatic heterocycles. The first kappa shape index (κ1) is 13.3. The molecule has 19 heavy (non-hydrogen) atoms. The van der Waals surface area contributed by atoms with Gasteiger partial charge in [0.05, 0.1) is 0 Å². The van der Waals surface area contributed by atoms with Crippen LogP contribution in [0.2, 0.25) is 0 Å². The predicted molar refractivity (Wildman–Crippen MR) is 78.8 cm³/mol. The molecule has 2 nitrogen and oxygen atoms in total. The van der Waals surface area contributed by atoms with Crippen molar-refractivity contribution < 1.29 is 4.79 Å². The molecule has 1 radical (unpaired) electrons. The second-order valence-corrected chi connectivity index (χ2v) is 4.41. The highest BCUT2D eigenvalue weighted by atomic mass is 16.1. The molecule has 1 N–H and O–H groups in total. The fourth-order valence-corrected chi connectivity index (χ4v) is 1.87. The summed E-state index contributed by atoms with van der Waals surface area (Å²) in [6.45, 7) is 4.43. The summed E-state index contributed by atoms with van der Waals surface area (Å²) in [6, 6.07) is 17.8. The number of carbonyl (C=O) groups excluding carboxylic acids is 1. The van der Waals surface area contributed by atoms with Gasteiger partial charge < -0.3 is 5.32 Å². The van der Waals surface area contributed by atoms with Crippen molar-refractivity contribution in [2.45, 2.75) is 12.8 Å². The Morgan fingerprint density at radius 2 is 1.58 bits per heavy atom. The Morgan fingerprint density at radius 1 is 0.947 bits per heavy atom. The van der Waals surface area contributed by atoms with E-state index in [1.54, 1.807) is 0 Å². The van der Waals surface area contributed by atoms with E-state index in [1.165, 1.54) is 0 Å². The molecule has 0 heterocycles. The maximum absolute atomic E-state index is 11.8. The number of hydrogen-bond donors (Lipinski definition) is 1. The number of hydrogen-bond acceptors (Lipinski definition) is 1. The Kier molecular flexibility index (Phi) is 4.73. The van der Waals surface area contributed by atoms with Crippen LogP contribution in [-0.2, 0) is 0 Å². The minimum atomic E-state index is -0.0203. The normalized spacial score (nSPS) is 10.2. The quantitative estimate of drug-likeness (QED) is 0.808. The van der Waals surface area contributed by atoms with Crippen LogP contribution in [0.15, 0.2) is 54.6 Å². The topological polar surface area (TPSA) is 29.1 Å². The number of carbonyl (C=O) groups is 1. The zero-order valence-corrected chi connectivity index (χ0v) is 10.9. The van der Waals surface area contributed by atoms with Gasteiger partial charge in [0.1, 0.15) is 0 Å². The van der Waals surface area contributed by atoms with Gasteiger partial charge in [0.2, 0.25) is 0 Å². The van der Waals surface area contributed by atoms with Crippen LogP contribution in [0.5, 0.6) is 0 Å². The van der Waals surface area contributed by atoms with Gasteiger partial charge in [0, 0.05) is 12.1 Å². The minimum absolute atomic E-state index is 0.0203. The Labute approximate surface area is 114 Å². The van der Waals surface area contributed by atoms with Gasteiger partial charge in [0.25, 0.3) is 5.91 Å². The van der Waals surface area contributed by atoms with Crippen molar-refractivity contribution in [1.29, 1.82) is 0 Å². The van der Waals surface area contributed by atoms with E-state index in [2.05, 4.69) is 24.4 Å². The maximum atomic E-state index is 11.8. The monoisotopic (exact) mass is 252 g/mol. The third kappa shape index (κ3) is 3.68. The van der Waals surface area contributed by atoms with E-state index in [4.69, 9.17) is 0 Å². The number of nitrogens with one attached hydrogen (secondary N) is 1. The molecule has 1 amide bonds. The predicted octanol–water partition coefficient (Wildman–Crippen LogP) is 3.70. The molecule has 0 saturated carbocycles. The molecule has 0 fully saturated rings. The van der Waals surface area contributed by atoms with Crippen LogP contribution in [0.3, 0.4) is 0 Å².